The summed E-state index contributed by atoms with van der Waals surface area (Å²) in [6.07, 6.45) is -0.455. The van der Waals surface area contributed by atoms with E-state index in [2.05, 4.69) is 15.3 Å². The number of carbonyl (C=O) groups excluding carboxylic acids is 1. The van der Waals surface area contributed by atoms with Crippen molar-refractivity contribution in [3.63, 3.8) is 0 Å². The van der Waals surface area contributed by atoms with Gasteiger partial charge in [0.05, 0.1) is 54.1 Å². The van der Waals surface area contributed by atoms with E-state index in [9.17, 15) is 29.6 Å². The number of methoxy groups -OCH3 is 2. The molecule has 5 rings (SSSR count). The number of halogens is 2. The average Bonchev–Trinajstić information content (AvgIpc) is 3.04. The summed E-state index contributed by atoms with van der Waals surface area (Å²) in [5.41, 5.74) is -3.12. The fourth-order valence-electron chi connectivity index (χ4n) is 6.20. The van der Waals surface area contributed by atoms with Gasteiger partial charge in [-0.05, 0) is 42.7 Å². The third-order valence-electron chi connectivity index (χ3n) is 8.29. The predicted molar refractivity (Wildman–Crippen MR) is 168 cm³/mol. The van der Waals surface area contributed by atoms with Crippen molar-refractivity contribution in [2.45, 2.75) is 45.2 Å². The van der Waals surface area contributed by atoms with Crippen LogP contribution in [0.4, 0.5) is 19.3 Å². The lowest BCUT2D eigenvalue weighted by molar-refractivity contribution is -0.387. The maximum Gasteiger partial charge on any atom is 0.407 e. The zero-order chi connectivity index (χ0) is 35.0. The van der Waals surface area contributed by atoms with Gasteiger partial charge in [-0.2, -0.15) is 0 Å². The van der Waals surface area contributed by atoms with Crippen LogP contribution in [0.15, 0.2) is 41.3 Å². The van der Waals surface area contributed by atoms with E-state index in [4.69, 9.17) is 9.47 Å². The Morgan fingerprint density at radius 2 is 1.94 bits per heavy atom. The number of ether oxygens (including phenoxy) is 2. The number of pyridine rings is 3. The Morgan fingerprint density at radius 1 is 1.21 bits per heavy atom. The second-order valence-corrected chi connectivity index (χ2v) is 11.4. The van der Waals surface area contributed by atoms with Crippen LogP contribution in [0.1, 0.15) is 49.0 Å². The summed E-state index contributed by atoms with van der Waals surface area (Å²) in [7, 11) is 2.37. The van der Waals surface area contributed by atoms with Gasteiger partial charge < -0.3 is 19.9 Å². The third-order valence-corrected chi connectivity index (χ3v) is 8.29. The molecule has 1 fully saturated rings. The van der Waals surface area contributed by atoms with Gasteiger partial charge >= 0.3 is 23.3 Å². The summed E-state index contributed by atoms with van der Waals surface area (Å²) in [6.45, 7) is 5.09. The number of rotatable bonds is 8. The number of hydrogen-bond acceptors (Lipinski definition) is 10. The van der Waals surface area contributed by atoms with E-state index in [0.717, 1.165) is 28.7 Å². The Morgan fingerprint density at radius 3 is 2.56 bits per heavy atom. The maximum absolute atomic E-state index is 16.3. The molecule has 48 heavy (non-hydrogen) atoms. The molecule has 1 amide bonds. The number of fused-ring (bicyclic) bond motifs is 1. The first-order chi connectivity index (χ1) is 22.8. The topological polar surface area (TPSA) is 179 Å². The lowest BCUT2D eigenvalue weighted by Crippen LogP contribution is -2.55. The van der Waals surface area contributed by atoms with Gasteiger partial charge in [0.25, 0.3) is 0 Å². The molecule has 16 heteroatoms. The lowest BCUT2D eigenvalue weighted by atomic mass is 9.89. The molecule has 2 unspecified atom stereocenters. The first kappa shape index (κ1) is 33.8. The van der Waals surface area contributed by atoms with Gasteiger partial charge in [-0.15, -0.1) is 0 Å². The minimum absolute atomic E-state index is 0.0592. The van der Waals surface area contributed by atoms with Crippen LogP contribution in [0.2, 0.25) is 0 Å². The zero-order valence-corrected chi connectivity index (χ0v) is 26.6. The Kier molecular flexibility index (Phi) is 9.38. The van der Waals surface area contributed by atoms with Crippen molar-refractivity contribution in [3.05, 3.63) is 85.5 Å². The molecule has 1 aliphatic heterocycles. The molecule has 252 valence electrons. The van der Waals surface area contributed by atoms with Crippen LogP contribution >= 0.6 is 0 Å². The number of hydrogen-bond donors (Lipinski definition) is 2. The summed E-state index contributed by atoms with van der Waals surface area (Å²) >= 11 is 0. The monoisotopic (exact) mass is 666 g/mol. The van der Waals surface area contributed by atoms with E-state index in [1.165, 1.54) is 25.4 Å². The number of amides is 1. The smallest absolute Gasteiger partial charge is 0.407 e. The maximum atomic E-state index is 16.3. The molecular weight excluding hydrogens is 634 g/mol. The molecule has 4 heterocycles. The summed E-state index contributed by atoms with van der Waals surface area (Å²) < 4.78 is 42.7. The van der Waals surface area contributed by atoms with Crippen LogP contribution in [0.5, 0.6) is 5.75 Å². The van der Waals surface area contributed by atoms with E-state index in [1.54, 1.807) is 26.8 Å². The third kappa shape index (κ3) is 5.78. The molecule has 0 saturated carbocycles. The molecule has 1 aromatic carbocycles. The van der Waals surface area contributed by atoms with Crippen molar-refractivity contribution >= 4 is 28.8 Å². The number of carbonyl (C=O) groups is 2. The number of piperazine rings is 1. The van der Waals surface area contributed by atoms with Gasteiger partial charge in [0.1, 0.15) is 22.9 Å². The van der Waals surface area contributed by atoms with Crippen molar-refractivity contribution in [2.75, 3.05) is 27.3 Å². The van der Waals surface area contributed by atoms with Gasteiger partial charge in [0.2, 0.25) is 0 Å². The van der Waals surface area contributed by atoms with Crippen LogP contribution < -0.4 is 15.6 Å². The highest BCUT2D eigenvalue weighted by atomic mass is 19.1. The van der Waals surface area contributed by atoms with Gasteiger partial charge in [-0.25, -0.2) is 18.6 Å². The van der Waals surface area contributed by atoms with E-state index in [-0.39, 0.29) is 47.0 Å². The van der Waals surface area contributed by atoms with E-state index < -0.39 is 69.6 Å². The van der Waals surface area contributed by atoms with E-state index in [0.29, 0.717) is 11.3 Å². The van der Waals surface area contributed by atoms with Crippen LogP contribution in [0.25, 0.3) is 28.0 Å². The molecule has 4 aromatic rings. The minimum Gasteiger partial charge on any atom is -0.496 e. The number of nitrogens with one attached hydrogen (secondary N) is 1. The second kappa shape index (κ2) is 13.3. The van der Waals surface area contributed by atoms with E-state index in [1.807, 2.05) is 0 Å². The van der Waals surface area contributed by atoms with Crippen LogP contribution in [0, 0.1) is 28.7 Å². The van der Waals surface area contributed by atoms with Crippen molar-refractivity contribution in [1.82, 2.24) is 24.8 Å². The van der Waals surface area contributed by atoms with Crippen LogP contribution in [-0.2, 0) is 9.53 Å². The summed E-state index contributed by atoms with van der Waals surface area (Å²) in [5, 5.41) is 25.8. The van der Waals surface area contributed by atoms with Gasteiger partial charge in [-0.3, -0.25) is 34.2 Å². The summed E-state index contributed by atoms with van der Waals surface area (Å²) in [4.78, 5) is 61.3. The standard InChI is InChI=1S/C32H32F2N6O8/c1-15(2)25-27(16(3)9-10-36-25)39-30-17(13-19(34)26(37-30)24-18(33)7-6-8-21(24)47-4)23(29(31(39)42)40(45)46)28-20(14-22(41)48-5)35-11-12-38(28)32(43)44/h6-10,13,15,20,28,35H,11-12,14H2,1-5H3,(H,43,44). The molecule has 0 radical (unpaired) electrons. The van der Waals surface area contributed by atoms with Gasteiger partial charge in [0.15, 0.2) is 5.82 Å². The number of aromatic nitrogens is 3. The molecule has 2 atom stereocenters. The molecular formula is C32H32F2N6O8. The SMILES string of the molecule is COC(=O)CC1NCCN(C(=O)O)C1c1c([N+](=O)[O-])c(=O)n(-c2c(C)ccnc2C(C)C)c2nc(-c3c(F)cccc3OC)c(F)cc12. The second-order valence-electron chi connectivity index (χ2n) is 11.4. The Labute approximate surface area is 272 Å². The normalized spacial score (nSPS) is 16.3. The largest absolute Gasteiger partial charge is 0.496 e. The minimum atomic E-state index is -1.56. The van der Waals surface area contributed by atoms with Crippen molar-refractivity contribution in [3.8, 4) is 22.7 Å². The lowest BCUT2D eigenvalue weighted by Gasteiger charge is -2.40. The molecule has 2 N–H and O–H groups in total. The zero-order valence-electron chi connectivity index (χ0n) is 26.6. The number of benzene rings is 1. The van der Waals surface area contributed by atoms with E-state index >= 15 is 8.78 Å². The first-order valence-corrected chi connectivity index (χ1v) is 14.8. The predicted octanol–water partition coefficient (Wildman–Crippen LogP) is 4.63. The number of aryl methyl sites for hydroxylation is 1. The fourth-order valence-corrected chi connectivity index (χ4v) is 6.20. The highest BCUT2D eigenvalue weighted by molar-refractivity contribution is 5.89. The number of nitro groups is 1. The number of carboxylic acid groups (broad SMARTS) is 1. The Bertz CT molecular complexity index is 2020. The molecule has 0 bridgehead atoms. The molecule has 14 nitrogen and oxygen atoms in total. The number of nitrogens with zero attached hydrogens (tertiary/aromatic N) is 5. The molecule has 1 aliphatic rings. The fraction of sp³-hybridized carbons (Fsp3) is 0.344. The average molecular weight is 667 g/mol. The summed E-state index contributed by atoms with van der Waals surface area (Å²) in [5.74, 6) is -3.21. The first-order valence-electron chi connectivity index (χ1n) is 14.8. The molecule has 1 saturated heterocycles. The van der Waals surface area contributed by atoms with Gasteiger partial charge in [0, 0.05) is 30.7 Å². The summed E-state index contributed by atoms with van der Waals surface area (Å²) in [6, 6.07) is 3.53. The molecule has 0 spiro atoms. The molecule has 0 aliphatic carbocycles. The van der Waals surface area contributed by atoms with Crippen LogP contribution in [0.3, 0.4) is 0 Å². The Balaban J connectivity index is 2.04. The van der Waals surface area contributed by atoms with Crippen molar-refractivity contribution in [1.29, 1.82) is 0 Å². The quantitative estimate of drug-likeness (QED) is 0.152. The molecule has 3 aromatic heterocycles. The Hall–Kier alpha value is -5.51. The highest BCUT2D eigenvalue weighted by Gasteiger charge is 2.44. The van der Waals surface area contributed by atoms with Gasteiger partial charge in [-0.1, -0.05) is 19.9 Å². The van der Waals surface area contributed by atoms with Crippen LogP contribution in [-0.4, -0.2) is 74.9 Å². The van der Waals surface area contributed by atoms with Crippen molar-refractivity contribution < 1.29 is 37.9 Å². The number of esters is 1. The highest BCUT2D eigenvalue weighted by Crippen LogP contribution is 2.42. The van der Waals surface area contributed by atoms with Crippen molar-refractivity contribution in [2.24, 2.45) is 0 Å².